The Bertz CT molecular complexity index is 680. The van der Waals surface area contributed by atoms with Crippen LogP contribution in [0.1, 0.15) is 32.3 Å². The maximum Gasteiger partial charge on any atom is 0.0642 e. The fourth-order valence-corrected chi connectivity index (χ4v) is 4.47. The van der Waals surface area contributed by atoms with Gasteiger partial charge in [-0.2, -0.15) is 0 Å². The van der Waals surface area contributed by atoms with Gasteiger partial charge in [0.25, 0.3) is 0 Å². The summed E-state index contributed by atoms with van der Waals surface area (Å²) in [5.41, 5.74) is 5.62. The molecule has 0 aromatic heterocycles. The first-order chi connectivity index (χ1) is 13.2. The van der Waals surface area contributed by atoms with E-state index in [-0.39, 0.29) is 0 Å². The van der Waals surface area contributed by atoms with E-state index in [2.05, 4.69) is 65.4 Å². The summed E-state index contributed by atoms with van der Waals surface area (Å²) in [6, 6.07) is 9.65. The lowest BCUT2D eigenvalue weighted by molar-refractivity contribution is 0.122. The molecule has 1 N–H and O–H groups in total. The third-order valence-electron chi connectivity index (χ3n) is 6.12. The van der Waals surface area contributed by atoms with Gasteiger partial charge in [0.05, 0.1) is 13.2 Å². The van der Waals surface area contributed by atoms with Crippen LogP contribution in [0.15, 0.2) is 42.1 Å². The van der Waals surface area contributed by atoms with Gasteiger partial charge in [-0.3, -0.25) is 0 Å². The van der Waals surface area contributed by atoms with Crippen LogP contribution in [-0.4, -0.2) is 56.9 Å². The Balaban J connectivity index is 1.52. The number of nitrogens with zero attached hydrogens (tertiary/aromatic N) is 2. The van der Waals surface area contributed by atoms with Crippen LogP contribution in [0.2, 0.25) is 0 Å². The number of rotatable bonds is 4. The molecule has 0 unspecified atom stereocenters. The molecule has 0 spiro atoms. The van der Waals surface area contributed by atoms with Crippen LogP contribution in [0.4, 0.5) is 5.69 Å². The Morgan fingerprint density at radius 3 is 2.37 bits per heavy atom. The first-order valence-electron chi connectivity index (χ1n) is 10.5. The largest absolute Gasteiger partial charge is 0.378 e. The van der Waals surface area contributed by atoms with E-state index in [1.165, 1.54) is 29.7 Å². The molecule has 0 bridgehead atoms. The summed E-state index contributed by atoms with van der Waals surface area (Å²) in [7, 11) is 0. The van der Waals surface area contributed by atoms with Crippen molar-refractivity contribution in [2.24, 2.45) is 5.92 Å². The van der Waals surface area contributed by atoms with Gasteiger partial charge in [0.15, 0.2) is 0 Å². The minimum atomic E-state index is 0.530. The topological polar surface area (TPSA) is 27.7 Å². The molecule has 2 saturated heterocycles. The van der Waals surface area contributed by atoms with Gasteiger partial charge in [0, 0.05) is 43.0 Å². The highest BCUT2D eigenvalue weighted by Gasteiger charge is 2.26. The predicted molar refractivity (Wildman–Crippen MR) is 113 cm³/mol. The number of morpholine rings is 1. The fraction of sp³-hybridized carbons (Fsp3) is 0.565. The van der Waals surface area contributed by atoms with Crippen molar-refractivity contribution in [2.75, 3.05) is 50.8 Å². The molecule has 4 heteroatoms. The average Bonchev–Trinajstić information content (AvgIpc) is 2.75. The van der Waals surface area contributed by atoms with Crippen LogP contribution in [0, 0.1) is 5.92 Å². The summed E-state index contributed by atoms with van der Waals surface area (Å²) in [4.78, 5) is 5.03. The lowest BCUT2D eigenvalue weighted by Crippen LogP contribution is -2.39. The molecule has 146 valence electrons. The predicted octanol–water partition coefficient (Wildman–Crippen LogP) is 3.51. The second-order valence-electron chi connectivity index (χ2n) is 8.18. The Kier molecular flexibility index (Phi) is 5.84. The maximum absolute atomic E-state index is 5.47. The summed E-state index contributed by atoms with van der Waals surface area (Å²) in [5, 5.41) is 3.49. The second-order valence-corrected chi connectivity index (χ2v) is 8.18. The standard InChI is InChI=1S/C23H33N3O/c1-18(2)26-17-21(5-8-23(26)20-9-11-24-12-10-20)19-3-6-22(7-4-19)25-13-15-27-16-14-25/h3-8,18,20,24H,9-17H2,1-2H3. The SMILES string of the molecule is CC(C)N1CC(c2ccc(N3CCOCC3)cc2)=CC=C1C1CCNCC1. The number of anilines is 1. The number of allylic oxidation sites excluding steroid dienone is 3. The number of hydrogen-bond acceptors (Lipinski definition) is 4. The lowest BCUT2D eigenvalue weighted by atomic mass is 9.89. The van der Waals surface area contributed by atoms with E-state index in [1.54, 1.807) is 5.70 Å². The molecule has 27 heavy (non-hydrogen) atoms. The molecule has 1 aromatic carbocycles. The van der Waals surface area contributed by atoms with Crippen molar-refractivity contribution in [3.63, 3.8) is 0 Å². The zero-order valence-corrected chi connectivity index (χ0v) is 16.8. The monoisotopic (exact) mass is 367 g/mol. The van der Waals surface area contributed by atoms with Gasteiger partial charge in [0.1, 0.15) is 0 Å². The molecule has 0 atom stereocenters. The first-order valence-corrected chi connectivity index (χ1v) is 10.5. The minimum absolute atomic E-state index is 0.530. The van der Waals surface area contributed by atoms with Crippen LogP contribution >= 0.6 is 0 Å². The van der Waals surface area contributed by atoms with Gasteiger partial charge in [-0.25, -0.2) is 0 Å². The number of hydrogen-bond donors (Lipinski definition) is 1. The molecule has 1 aromatic rings. The summed E-state index contributed by atoms with van der Waals surface area (Å²) in [6.07, 6.45) is 7.27. The van der Waals surface area contributed by atoms with Gasteiger partial charge in [-0.1, -0.05) is 18.2 Å². The van der Waals surface area contributed by atoms with Gasteiger partial charge in [0.2, 0.25) is 0 Å². The molecule has 0 amide bonds. The Morgan fingerprint density at radius 2 is 1.70 bits per heavy atom. The summed E-state index contributed by atoms with van der Waals surface area (Å²) < 4.78 is 5.47. The third kappa shape index (κ3) is 4.22. The molecule has 0 saturated carbocycles. The van der Waals surface area contributed by atoms with E-state index >= 15 is 0 Å². The van der Waals surface area contributed by atoms with Crippen molar-refractivity contribution in [2.45, 2.75) is 32.7 Å². The Morgan fingerprint density at radius 1 is 1.00 bits per heavy atom. The zero-order valence-electron chi connectivity index (χ0n) is 16.8. The summed E-state index contributed by atoms with van der Waals surface area (Å²) in [5.74, 6) is 0.704. The molecule has 0 aliphatic carbocycles. The highest BCUT2D eigenvalue weighted by Crippen LogP contribution is 2.32. The van der Waals surface area contributed by atoms with Gasteiger partial charge in [-0.15, -0.1) is 0 Å². The lowest BCUT2D eigenvalue weighted by Gasteiger charge is -2.40. The molecule has 3 aliphatic heterocycles. The highest BCUT2D eigenvalue weighted by atomic mass is 16.5. The fourth-order valence-electron chi connectivity index (χ4n) is 4.47. The quantitative estimate of drug-likeness (QED) is 0.881. The van der Waals surface area contributed by atoms with Gasteiger partial charge >= 0.3 is 0 Å². The molecular formula is C23H33N3O. The number of piperidine rings is 1. The van der Waals surface area contributed by atoms with Gasteiger partial charge < -0.3 is 19.9 Å². The number of nitrogens with one attached hydrogen (secondary N) is 1. The first kappa shape index (κ1) is 18.6. The van der Waals surface area contributed by atoms with E-state index in [4.69, 9.17) is 4.74 Å². The molecule has 2 fully saturated rings. The van der Waals surface area contributed by atoms with Crippen molar-refractivity contribution in [1.29, 1.82) is 0 Å². The van der Waals surface area contributed by atoms with Crippen LogP contribution in [-0.2, 0) is 4.74 Å². The summed E-state index contributed by atoms with van der Waals surface area (Å²) >= 11 is 0. The second kappa shape index (κ2) is 8.49. The molecule has 3 aliphatic rings. The van der Waals surface area contributed by atoms with Crippen molar-refractivity contribution >= 4 is 11.3 Å². The highest BCUT2D eigenvalue weighted by molar-refractivity contribution is 5.71. The maximum atomic E-state index is 5.47. The van der Waals surface area contributed by atoms with E-state index in [0.717, 1.165) is 45.9 Å². The third-order valence-corrected chi connectivity index (χ3v) is 6.12. The van der Waals surface area contributed by atoms with Crippen molar-refractivity contribution in [3.05, 3.63) is 47.7 Å². The van der Waals surface area contributed by atoms with Crippen molar-refractivity contribution in [1.82, 2.24) is 10.2 Å². The smallest absolute Gasteiger partial charge is 0.0642 e. The molecule has 0 radical (unpaired) electrons. The van der Waals surface area contributed by atoms with Gasteiger partial charge in [-0.05, 0) is 69.1 Å². The van der Waals surface area contributed by atoms with E-state index < -0.39 is 0 Å². The van der Waals surface area contributed by atoms with Crippen molar-refractivity contribution in [3.8, 4) is 0 Å². The van der Waals surface area contributed by atoms with E-state index in [1.807, 2.05) is 0 Å². The summed E-state index contributed by atoms with van der Waals surface area (Å²) in [6.45, 7) is 11.6. The molecule has 4 nitrogen and oxygen atoms in total. The van der Waals surface area contributed by atoms with Crippen LogP contribution in [0.3, 0.4) is 0 Å². The number of benzene rings is 1. The van der Waals surface area contributed by atoms with Crippen molar-refractivity contribution < 1.29 is 4.74 Å². The average molecular weight is 368 g/mol. The van der Waals surface area contributed by atoms with E-state index in [9.17, 15) is 0 Å². The minimum Gasteiger partial charge on any atom is -0.378 e. The van der Waals surface area contributed by atoms with E-state index in [0.29, 0.717) is 12.0 Å². The molecular weight excluding hydrogens is 334 g/mol. The van der Waals surface area contributed by atoms with Crippen LogP contribution in [0.25, 0.3) is 5.57 Å². The van der Waals surface area contributed by atoms with Crippen LogP contribution < -0.4 is 10.2 Å². The zero-order chi connectivity index (χ0) is 18.6. The molecule has 3 heterocycles. The molecule has 4 rings (SSSR count). The normalized spacial score (nSPS) is 22.0. The Hall–Kier alpha value is -1.78. The number of ether oxygens (including phenoxy) is 1. The Labute approximate surface area is 163 Å². The van der Waals surface area contributed by atoms with Crippen LogP contribution in [0.5, 0.6) is 0 Å².